The summed E-state index contributed by atoms with van der Waals surface area (Å²) in [5.41, 5.74) is 0. The summed E-state index contributed by atoms with van der Waals surface area (Å²) in [5.74, 6) is 0.0415. The molecule has 0 atom stereocenters. The van der Waals surface area contributed by atoms with Gasteiger partial charge in [-0.05, 0) is 18.8 Å². The highest BCUT2D eigenvalue weighted by molar-refractivity contribution is 5.76. The highest BCUT2D eigenvalue weighted by Crippen LogP contribution is 2.27. The molecule has 0 radical (unpaired) electrons. The molecule has 0 aromatic rings. The molecule has 18 heavy (non-hydrogen) atoms. The first-order chi connectivity index (χ1) is 8.59. The molecule has 0 unspecified atom stereocenters. The molecule has 0 bridgehead atoms. The molecule has 1 N–H and O–H groups in total. The van der Waals surface area contributed by atoms with Crippen LogP contribution in [-0.4, -0.2) is 35.5 Å². The summed E-state index contributed by atoms with van der Waals surface area (Å²) in [6.07, 6.45) is 9.39. The maximum absolute atomic E-state index is 11.7. The van der Waals surface area contributed by atoms with Crippen molar-refractivity contribution in [2.45, 2.75) is 57.8 Å². The lowest BCUT2D eigenvalue weighted by Gasteiger charge is -2.22. The number of hydrogen-bond donors (Lipinski definition) is 1. The van der Waals surface area contributed by atoms with Crippen molar-refractivity contribution in [1.29, 1.82) is 0 Å². The van der Waals surface area contributed by atoms with Crippen molar-refractivity contribution in [3.8, 4) is 0 Å². The lowest BCUT2D eigenvalue weighted by molar-refractivity contribution is -0.138. The lowest BCUT2D eigenvalue weighted by atomic mass is 9.86. The molecule has 0 aliphatic heterocycles. The highest BCUT2D eigenvalue weighted by atomic mass is 16.4. The van der Waals surface area contributed by atoms with E-state index in [4.69, 9.17) is 5.11 Å². The second-order valence-corrected chi connectivity index (χ2v) is 5.36. The topological polar surface area (TPSA) is 57.6 Å². The van der Waals surface area contributed by atoms with Crippen molar-refractivity contribution in [1.82, 2.24) is 4.90 Å². The summed E-state index contributed by atoms with van der Waals surface area (Å²) in [5, 5.41) is 8.55. The van der Waals surface area contributed by atoms with E-state index < -0.39 is 5.97 Å². The minimum atomic E-state index is -0.850. The molecule has 0 aromatic heterocycles. The predicted octanol–water partition coefficient (Wildman–Crippen LogP) is 2.67. The minimum Gasteiger partial charge on any atom is -0.481 e. The monoisotopic (exact) mass is 255 g/mol. The quantitative estimate of drug-likeness (QED) is 0.761. The molecule has 0 aromatic carbocycles. The largest absolute Gasteiger partial charge is 0.481 e. The number of carbonyl (C=O) groups excluding carboxylic acids is 1. The normalized spacial score (nSPS) is 16.5. The first-order valence-corrected chi connectivity index (χ1v) is 7.05. The Kier molecular flexibility index (Phi) is 6.76. The van der Waals surface area contributed by atoms with E-state index in [1.807, 2.05) is 0 Å². The molecule has 0 spiro atoms. The third-order valence-electron chi connectivity index (χ3n) is 3.81. The van der Waals surface area contributed by atoms with Gasteiger partial charge in [-0.25, -0.2) is 0 Å². The smallest absolute Gasteiger partial charge is 0.305 e. The van der Waals surface area contributed by atoms with E-state index in [1.54, 1.807) is 7.05 Å². The van der Waals surface area contributed by atoms with Crippen LogP contribution < -0.4 is 0 Å². The molecule has 104 valence electrons. The van der Waals surface area contributed by atoms with Gasteiger partial charge < -0.3 is 10.0 Å². The average Bonchev–Trinajstić information content (AvgIpc) is 2.37. The number of carboxylic acids is 1. The van der Waals surface area contributed by atoms with E-state index in [2.05, 4.69) is 0 Å². The van der Waals surface area contributed by atoms with Gasteiger partial charge in [0, 0.05) is 20.0 Å². The van der Waals surface area contributed by atoms with E-state index in [0.29, 0.717) is 13.0 Å². The minimum absolute atomic E-state index is 0.0326. The van der Waals surface area contributed by atoms with Crippen LogP contribution in [0.1, 0.15) is 57.8 Å². The molecule has 1 amide bonds. The van der Waals surface area contributed by atoms with Gasteiger partial charge in [0.15, 0.2) is 0 Å². The second kappa shape index (κ2) is 8.11. The van der Waals surface area contributed by atoms with Crippen molar-refractivity contribution in [2.75, 3.05) is 13.6 Å². The summed E-state index contributed by atoms with van der Waals surface area (Å²) in [4.78, 5) is 23.7. The predicted molar refractivity (Wildman–Crippen MR) is 70.3 cm³/mol. The number of carbonyl (C=O) groups is 2. The van der Waals surface area contributed by atoms with Gasteiger partial charge in [-0.15, -0.1) is 0 Å². The SMILES string of the molecule is CN(CCC(=O)O)C(=O)CCCC1CCCCC1. The van der Waals surface area contributed by atoms with Crippen LogP contribution in [0, 0.1) is 5.92 Å². The third kappa shape index (κ3) is 6.03. The summed E-state index contributed by atoms with van der Waals surface area (Å²) < 4.78 is 0. The Labute approximate surface area is 109 Å². The van der Waals surface area contributed by atoms with Crippen LogP contribution in [-0.2, 0) is 9.59 Å². The van der Waals surface area contributed by atoms with Gasteiger partial charge in [-0.3, -0.25) is 9.59 Å². The standard InChI is InChI=1S/C14H25NO3/c1-15(11-10-14(17)18)13(16)9-5-8-12-6-3-2-4-7-12/h12H,2-11H2,1H3,(H,17,18). The Bertz CT molecular complexity index is 272. The van der Waals surface area contributed by atoms with Crippen LogP contribution in [0.2, 0.25) is 0 Å². The number of aliphatic carboxylic acids is 1. The summed E-state index contributed by atoms with van der Waals surface area (Å²) in [6.45, 7) is 0.317. The summed E-state index contributed by atoms with van der Waals surface area (Å²) >= 11 is 0. The fourth-order valence-corrected chi connectivity index (χ4v) is 2.60. The Morgan fingerprint density at radius 1 is 1.17 bits per heavy atom. The van der Waals surface area contributed by atoms with E-state index in [-0.39, 0.29) is 12.3 Å². The number of amides is 1. The fraction of sp³-hybridized carbons (Fsp3) is 0.857. The van der Waals surface area contributed by atoms with E-state index in [1.165, 1.54) is 37.0 Å². The number of carboxylic acid groups (broad SMARTS) is 1. The third-order valence-corrected chi connectivity index (χ3v) is 3.81. The average molecular weight is 255 g/mol. The van der Waals surface area contributed by atoms with Gasteiger partial charge in [0.1, 0.15) is 0 Å². The summed E-state index contributed by atoms with van der Waals surface area (Å²) in [6, 6.07) is 0. The second-order valence-electron chi connectivity index (χ2n) is 5.36. The molecule has 4 heteroatoms. The van der Waals surface area contributed by atoms with Crippen LogP contribution >= 0.6 is 0 Å². The van der Waals surface area contributed by atoms with Gasteiger partial charge in [-0.1, -0.05) is 32.1 Å². The molecule has 1 rings (SSSR count). The van der Waals surface area contributed by atoms with Crippen molar-refractivity contribution in [3.63, 3.8) is 0 Å². The van der Waals surface area contributed by atoms with E-state index in [0.717, 1.165) is 18.8 Å². The van der Waals surface area contributed by atoms with Gasteiger partial charge in [0.25, 0.3) is 0 Å². The van der Waals surface area contributed by atoms with Gasteiger partial charge >= 0.3 is 5.97 Å². The first kappa shape index (κ1) is 15.0. The molecule has 1 aliphatic rings. The van der Waals surface area contributed by atoms with Gasteiger partial charge in [0.05, 0.1) is 6.42 Å². The maximum Gasteiger partial charge on any atom is 0.305 e. The van der Waals surface area contributed by atoms with Crippen LogP contribution in [0.25, 0.3) is 0 Å². The van der Waals surface area contributed by atoms with Gasteiger partial charge in [-0.2, -0.15) is 0 Å². The number of nitrogens with zero attached hydrogens (tertiary/aromatic N) is 1. The zero-order valence-electron chi connectivity index (χ0n) is 11.4. The zero-order valence-corrected chi connectivity index (χ0v) is 11.4. The Morgan fingerprint density at radius 3 is 2.44 bits per heavy atom. The van der Waals surface area contributed by atoms with Crippen molar-refractivity contribution in [3.05, 3.63) is 0 Å². The molecular formula is C14H25NO3. The maximum atomic E-state index is 11.7. The van der Waals surface area contributed by atoms with Crippen LogP contribution in [0.4, 0.5) is 0 Å². The van der Waals surface area contributed by atoms with Crippen molar-refractivity contribution < 1.29 is 14.7 Å². The molecule has 1 aliphatic carbocycles. The van der Waals surface area contributed by atoms with Crippen LogP contribution in [0.3, 0.4) is 0 Å². The molecule has 1 fully saturated rings. The van der Waals surface area contributed by atoms with Gasteiger partial charge in [0.2, 0.25) is 5.91 Å². The van der Waals surface area contributed by atoms with Crippen LogP contribution in [0.15, 0.2) is 0 Å². The molecule has 0 heterocycles. The lowest BCUT2D eigenvalue weighted by Crippen LogP contribution is -2.28. The summed E-state index contributed by atoms with van der Waals surface area (Å²) in [7, 11) is 1.69. The van der Waals surface area contributed by atoms with E-state index in [9.17, 15) is 9.59 Å². The van der Waals surface area contributed by atoms with Crippen molar-refractivity contribution >= 4 is 11.9 Å². The molecule has 1 saturated carbocycles. The molecule has 4 nitrogen and oxygen atoms in total. The van der Waals surface area contributed by atoms with Crippen LogP contribution in [0.5, 0.6) is 0 Å². The number of hydrogen-bond acceptors (Lipinski definition) is 2. The molecular weight excluding hydrogens is 230 g/mol. The fourth-order valence-electron chi connectivity index (χ4n) is 2.60. The first-order valence-electron chi connectivity index (χ1n) is 7.05. The number of rotatable bonds is 7. The Morgan fingerprint density at radius 2 is 1.83 bits per heavy atom. The zero-order chi connectivity index (χ0) is 13.4. The highest BCUT2D eigenvalue weighted by Gasteiger charge is 2.15. The Balaban J connectivity index is 2.09. The Hall–Kier alpha value is -1.06. The molecule has 0 saturated heterocycles. The van der Waals surface area contributed by atoms with E-state index >= 15 is 0 Å². The van der Waals surface area contributed by atoms with Crippen molar-refractivity contribution in [2.24, 2.45) is 5.92 Å².